The van der Waals surface area contributed by atoms with Crippen LogP contribution < -0.4 is 5.32 Å². The molecule has 4 aromatic rings. The quantitative estimate of drug-likeness (QED) is 0.564. The van der Waals surface area contributed by atoms with Gasteiger partial charge >= 0.3 is 0 Å². The van der Waals surface area contributed by atoms with Crippen LogP contribution in [0.5, 0.6) is 0 Å². The van der Waals surface area contributed by atoms with Gasteiger partial charge in [-0.3, -0.25) is 0 Å². The highest BCUT2D eigenvalue weighted by molar-refractivity contribution is 5.80. The number of hydrogen-bond donors (Lipinski definition) is 1. The average Bonchev–Trinajstić information content (AvgIpc) is 3.10. The van der Waals surface area contributed by atoms with Crippen LogP contribution in [0.4, 0.5) is 10.3 Å². The van der Waals surface area contributed by atoms with Crippen molar-refractivity contribution in [1.29, 1.82) is 0 Å². The lowest BCUT2D eigenvalue weighted by molar-refractivity contribution is 0.0208. The molecule has 0 amide bonds. The number of nitrogens with one attached hydrogen (secondary N) is 1. The molecule has 1 aliphatic rings. The lowest BCUT2D eigenvalue weighted by Crippen LogP contribution is -2.40. The third-order valence-corrected chi connectivity index (χ3v) is 5.01. The zero-order chi connectivity index (χ0) is 19.8. The van der Waals surface area contributed by atoms with Gasteiger partial charge in [0.1, 0.15) is 11.3 Å². The summed E-state index contributed by atoms with van der Waals surface area (Å²) in [7, 11) is 0. The van der Waals surface area contributed by atoms with Crippen LogP contribution in [0.25, 0.3) is 22.3 Å². The molecule has 8 heteroatoms. The van der Waals surface area contributed by atoms with Crippen LogP contribution in [0.3, 0.4) is 0 Å². The second-order valence-electron chi connectivity index (χ2n) is 7.18. The predicted molar refractivity (Wildman–Crippen MR) is 107 cm³/mol. The lowest BCUT2D eigenvalue weighted by Gasteiger charge is -2.26. The molecule has 1 fully saturated rings. The van der Waals surface area contributed by atoms with Crippen molar-refractivity contribution in [1.82, 2.24) is 25.0 Å². The maximum Gasteiger partial charge on any atom is 0.223 e. The van der Waals surface area contributed by atoms with Gasteiger partial charge in [-0.05, 0) is 42.3 Å². The Bertz CT molecular complexity index is 1190. The number of halogens is 1. The monoisotopic (exact) mass is 390 g/mol. The minimum Gasteiger partial charge on any atom is -0.377 e. The van der Waals surface area contributed by atoms with Gasteiger partial charge < -0.3 is 10.1 Å². The Morgan fingerprint density at radius 2 is 2.07 bits per heavy atom. The maximum atomic E-state index is 13.8. The lowest BCUT2D eigenvalue weighted by atomic mass is 10.1. The minimum absolute atomic E-state index is 0.212. The van der Waals surface area contributed by atoms with Gasteiger partial charge in [-0.25, -0.2) is 19.0 Å². The van der Waals surface area contributed by atoms with Crippen molar-refractivity contribution in [3.8, 4) is 11.3 Å². The highest BCUT2D eigenvalue weighted by Gasteiger charge is 2.19. The molecule has 1 aliphatic heterocycles. The van der Waals surface area contributed by atoms with Crippen molar-refractivity contribution in [2.75, 3.05) is 18.5 Å². The number of aromatic nitrogens is 5. The van der Waals surface area contributed by atoms with Gasteiger partial charge in [0.15, 0.2) is 0 Å². The van der Waals surface area contributed by atoms with E-state index in [0.29, 0.717) is 31.3 Å². The first kappa shape index (κ1) is 17.7. The van der Waals surface area contributed by atoms with Crippen molar-refractivity contribution in [3.63, 3.8) is 0 Å². The van der Waals surface area contributed by atoms with E-state index in [1.807, 2.05) is 30.3 Å². The molecule has 0 saturated carbocycles. The molecule has 0 aliphatic carbocycles. The van der Waals surface area contributed by atoms with E-state index in [2.05, 4.69) is 25.6 Å². The highest BCUT2D eigenvalue weighted by Crippen LogP contribution is 2.23. The summed E-state index contributed by atoms with van der Waals surface area (Å²) in [6.45, 7) is 3.55. The van der Waals surface area contributed by atoms with Gasteiger partial charge in [-0.2, -0.15) is 0 Å². The van der Waals surface area contributed by atoms with Gasteiger partial charge in [-0.15, -0.1) is 5.10 Å². The summed E-state index contributed by atoms with van der Waals surface area (Å²) in [4.78, 5) is 8.86. The highest BCUT2D eigenvalue weighted by atomic mass is 19.1. The van der Waals surface area contributed by atoms with Crippen molar-refractivity contribution in [2.45, 2.75) is 19.5 Å². The normalized spacial score (nSPS) is 14.1. The molecular weight excluding hydrogens is 371 g/mol. The first-order valence-corrected chi connectivity index (χ1v) is 9.42. The van der Waals surface area contributed by atoms with Crippen molar-refractivity contribution >= 4 is 17.0 Å². The molecule has 0 radical (unpaired) electrons. The topological polar surface area (TPSA) is 77.8 Å². The molecule has 146 valence electrons. The first-order chi connectivity index (χ1) is 14.2. The summed E-state index contributed by atoms with van der Waals surface area (Å²) in [5.74, 6) is 0.372. The number of anilines is 1. The molecule has 0 spiro atoms. The molecule has 7 nitrogen and oxygen atoms in total. The van der Waals surface area contributed by atoms with Crippen LogP contribution in [-0.4, -0.2) is 44.2 Å². The molecule has 5 rings (SSSR count). The van der Waals surface area contributed by atoms with Crippen LogP contribution in [0.1, 0.15) is 11.1 Å². The van der Waals surface area contributed by atoms with Crippen LogP contribution in [0.15, 0.2) is 48.7 Å². The Balaban J connectivity index is 1.41. The summed E-state index contributed by atoms with van der Waals surface area (Å²) < 4.78 is 20.8. The van der Waals surface area contributed by atoms with E-state index in [0.717, 1.165) is 27.9 Å². The summed E-state index contributed by atoms with van der Waals surface area (Å²) in [5.41, 5.74) is 4.85. The Hall–Kier alpha value is -3.39. The smallest absolute Gasteiger partial charge is 0.223 e. The summed E-state index contributed by atoms with van der Waals surface area (Å²) in [5, 5.41) is 11.8. The molecule has 1 saturated heterocycles. The Morgan fingerprint density at radius 3 is 2.86 bits per heavy atom. The van der Waals surface area contributed by atoms with Crippen molar-refractivity contribution in [3.05, 3.63) is 65.6 Å². The van der Waals surface area contributed by atoms with E-state index in [1.165, 1.54) is 0 Å². The number of ether oxygens (including phenoxy) is 1. The van der Waals surface area contributed by atoms with Crippen LogP contribution in [0.2, 0.25) is 0 Å². The number of benzene rings is 2. The minimum atomic E-state index is -0.212. The van der Waals surface area contributed by atoms with Crippen molar-refractivity contribution < 1.29 is 9.13 Å². The molecule has 0 atom stereocenters. The van der Waals surface area contributed by atoms with E-state index in [1.54, 1.807) is 29.9 Å². The Labute approximate surface area is 166 Å². The third-order valence-electron chi connectivity index (χ3n) is 5.01. The van der Waals surface area contributed by atoms with Gasteiger partial charge in [-0.1, -0.05) is 23.4 Å². The fourth-order valence-corrected chi connectivity index (χ4v) is 3.25. The van der Waals surface area contributed by atoms with Crippen LogP contribution >= 0.6 is 0 Å². The number of aryl methyl sites for hydroxylation is 1. The van der Waals surface area contributed by atoms with Gasteiger partial charge in [0.05, 0.1) is 37.0 Å². The maximum absolute atomic E-state index is 13.8. The van der Waals surface area contributed by atoms with E-state index in [9.17, 15) is 4.39 Å². The fourth-order valence-electron chi connectivity index (χ4n) is 3.25. The van der Waals surface area contributed by atoms with E-state index in [-0.39, 0.29) is 11.9 Å². The molecule has 0 bridgehead atoms. The Morgan fingerprint density at radius 1 is 1.17 bits per heavy atom. The zero-order valence-electron chi connectivity index (χ0n) is 15.8. The summed E-state index contributed by atoms with van der Waals surface area (Å²) in [6, 6.07) is 13.2. The summed E-state index contributed by atoms with van der Waals surface area (Å²) >= 11 is 0. The second-order valence-corrected chi connectivity index (χ2v) is 7.18. The van der Waals surface area contributed by atoms with Crippen LogP contribution in [0, 0.1) is 12.7 Å². The van der Waals surface area contributed by atoms with Gasteiger partial charge in [0, 0.05) is 11.8 Å². The first-order valence-electron chi connectivity index (χ1n) is 9.42. The molecule has 0 unspecified atom stereocenters. The van der Waals surface area contributed by atoms with Crippen LogP contribution in [-0.2, 0) is 11.3 Å². The van der Waals surface area contributed by atoms with E-state index < -0.39 is 0 Å². The number of nitrogens with zero attached hydrogens (tertiary/aromatic N) is 5. The van der Waals surface area contributed by atoms with E-state index >= 15 is 0 Å². The number of hydrogen-bond acceptors (Lipinski definition) is 6. The predicted octanol–water partition coefficient (Wildman–Crippen LogP) is 3.19. The molecular formula is C21H19FN6O. The van der Waals surface area contributed by atoms with Gasteiger partial charge in [0.2, 0.25) is 5.95 Å². The summed E-state index contributed by atoms with van der Waals surface area (Å²) in [6.07, 6.45) is 1.73. The van der Waals surface area contributed by atoms with E-state index in [4.69, 9.17) is 4.74 Å². The number of fused-ring (bicyclic) bond motifs is 1. The molecule has 29 heavy (non-hydrogen) atoms. The second kappa shape index (κ2) is 7.21. The molecule has 1 N–H and O–H groups in total. The number of rotatable bonds is 5. The Kier molecular flexibility index (Phi) is 4.40. The molecule has 3 heterocycles. The molecule has 2 aromatic carbocycles. The standard InChI is InChI=1S/C21H19FN6O/c1-13-2-3-14(8-17(13)22)10-28-20-5-4-15(9-19(20)26-27-28)18-6-7-23-21(25-18)24-16-11-29-12-16/h2-9,16H,10-12H2,1H3,(H,23,24,25). The average molecular weight is 390 g/mol. The van der Waals surface area contributed by atoms with Crippen molar-refractivity contribution in [2.24, 2.45) is 0 Å². The third kappa shape index (κ3) is 3.54. The fraction of sp³-hybridized carbons (Fsp3) is 0.238. The SMILES string of the molecule is Cc1ccc(Cn2nnc3cc(-c4ccnc(NC5COC5)n4)ccc32)cc1F. The van der Waals surface area contributed by atoms with Gasteiger partial charge in [0.25, 0.3) is 0 Å². The largest absolute Gasteiger partial charge is 0.377 e. The molecule has 2 aromatic heterocycles. The zero-order valence-corrected chi connectivity index (χ0v) is 15.8.